The van der Waals surface area contributed by atoms with Crippen LogP contribution in [0.25, 0.3) is 110 Å². The number of hydrogen-bond acceptors (Lipinski definition) is 2. The second-order valence-electron chi connectivity index (χ2n) is 14.0. The first kappa shape index (κ1) is 28.5. The molecule has 0 saturated carbocycles. The molecule has 4 heteroatoms. The summed E-state index contributed by atoms with van der Waals surface area (Å²) in [7, 11) is 0. The van der Waals surface area contributed by atoms with Crippen molar-refractivity contribution in [3.05, 3.63) is 176 Å². The van der Waals surface area contributed by atoms with E-state index >= 15 is 0 Å². The van der Waals surface area contributed by atoms with Gasteiger partial charge in [-0.25, -0.2) is 4.98 Å². The summed E-state index contributed by atoms with van der Waals surface area (Å²) in [6, 6.07) is 61.0. The van der Waals surface area contributed by atoms with Crippen LogP contribution in [0.15, 0.2) is 180 Å². The van der Waals surface area contributed by atoms with Crippen LogP contribution in [0.2, 0.25) is 0 Å². The van der Waals surface area contributed by atoms with Crippen molar-refractivity contribution in [2.24, 2.45) is 0 Å². The Bertz CT molecular complexity index is 3380. The fraction of sp³-hybridized carbons (Fsp3) is 0. The maximum atomic E-state index is 6.30. The van der Waals surface area contributed by atoms with Gasteiger partial charge in [0, 0.05) is 38.0 Å². The van der Waals surface area contributed by atoms with E-state index in [1.165, 1.54) is 60.2 Å². The number of imidazole rings is 1. The highest BCUT2D eigenvalue weighted by molar-refractivity contribution is 6.25. The van der Waals surface area contributed by atoms with E-state index in [4.69, 9.17) is 9.40 Å². The van der Waals surface area contributed by atoms with E-state index in [2.05, 4.69) is 173 Å². The molecule has 0 spiro atoms. The lowest BCUT2D eigenvalue weighted by Crippen LogP contribution is -1.93. The van der Waals surface area contributed by atoms with Crippen LogP contribution in [0, 0.1) is 0 Å². The number of aromatic nitrogens is 3. The zero-order chi connectivity index (χ0) is 34.6. The Kier molecular flexibility index (Phi) is 5.74. The van der Waals surface area contributed by atoms with Gasteiger partial charge >= 0.3 is 0 Å². The second kappa shape index (κ2) is 10.7. The van der Waals surface area contributed by atoms with Gasteiger partial charge in [0.1, 0.15) is 11.2 Å². The number of rotatable bonds is 3. The summed E-state index contributed by atoms with van der Waals surface area (Å²) >= 11 is 0. The van der Waals surface area contributed by atoms with Crippen LogP contribution in [-0.4, -0.2) is 14.0 Å². The van der Waals surface area contributed by atoms with Crippen LogP contribution in [-0.2, 0) is 0 Å². The predicted molar refractivity (Wildman–Crippen MR) is 220 cm³/mol. The van der Waals surface area contributed by atoms with Gasteiger partial charge in [-0.1, -0.05) is 127 Å². The van der Waals surface area contributed by atoms with Crippen LogP contribution < -0.4 is 0 Å². The van der Waals surface area contributed by atoms with Crippen LogP contribution in [0.5, 0.6) is 0 Å². The average molecular weight is 676 g/mol. The standard InChI is InChI=1S/C49H29N3O/c1-2-13-39-35(9-1)41-27-33(23-26-40(41)49-48(39)50-47-28-42-38-12-5-8-16-45(38)53-46(42)29-51(47)49)32-19-17-30(18-20-32)31-21-24-34(25-22-31)52-43-14-6-3-10-36(43)37-11-4-7-15-44(37)52/h1-29H. The Morgan fingerprint density at radius 1 is 0.396 bits per heavy atom. The Balaban J connectivity index is 0.949. The number of benzene rings is 8. The molecule has 4 heterocycles. The van der Waals surface area contributed by atoms with Gasteiger partial charge in [-0.2, -0.15) is 0 Å². The topological polar surface area (TPSA) is 35.4 Å². The van der Waals surface area contributed by atoms with Gasteiger partial charge in [0.15, 0.2) is 5.58 Å². The van der Waals surface area contributed by atoms with E-state index in [1.807, 2.05) is 12.1 Å². The average Bonchev–Trinajstić information content (AvgIpc) is 3.89. The van der Waals surface area contributed by atoms with Crippen molar-refractivity contribution in [3.63, 3.8) is 0 Å². The molecule has 0 N–H and O–H groups in total. The molecule has 0 aliphatic heterocycles. The smallest absolute Gasteiger partial charge is 0.152 e. The molecule has 53 heavy (non-hydrogen) atoms. The van der Waals surface area contributed by atoms with Crippen molar-refractivity contribution in [2.45, 2.75) is 0 Å². The summed E-state index contributed by atoms with van der Waals surface area (Å²) in [4.78, 5) is 5.22. The molecule has 12 aromatic rings. The fourth-order valence-electron chi connectivity index (χ4n) is 8.64. The summed E-state index contributed by atoms with van der Waals surface area (Å²) in [5, 5.41) is 9.48. The van der Waals surface area contributed by atoms with E-state index in [9.17, 15) is 0 Å². The third-order valence-electron chi connectivity index (χ3n) is 11.1. The van der Waals surface area contributed by atoms with Crippen LogP contribution in [0.1, 0.15) is 0 Å². The quantitative estimate of drug-likeness (QED) is 0.175. The molecule has 4 nitrogen and oxygen atoms in total. The Morgan fingerprint density at radius 2 is 0.962 bits per heavy atom. The molecular weight excluding hydrogens is 647 g/mol. The Morgan fingerprint density at radius 3 is 1.68 bits per heavy atom. The molecule has 0 aliphatic rings. The van der Waals surface area contributed by atoms with Gasteiger partial charge in [0.2, 0.25) is 0 Å². The lowest BCUT2D eigenvalue weighted by atomic mass is 9.95. The van der Waals surface area contributed by atoms with Gasteiger partial charge in [0.25, 0.3) is 0 Å². The van der Waals surface area contributed by atoms with Crippen LogP contribution in [0.4, 0.5) is 0 Å². The van der Waals surface area contributed by atoms with Gasteiger partial charge < -0.3 is 8.98 Å². The molecule has 12 rings (SSSR count). The monoisotopic (exact) mass is 675 g/mol. The molecule has 0 fully saturated rings. The van der Waals surface area contributed by atoms with Gasteiger partial charge in [-0.3, -0.25) is 4.40 Å². The molecule has 0 atom stereocenters. The lowest BCUT2D eigenvalue weighted by molar-refractivity contribution is 0.666. The van der Waals surface area contributed by atoms with Crippen molar-refractivity contribution in [1.82, 2.24) is 14.0 Å². The zero-order valence-corrected chi connectivity index (χ0v) is 28.5. The molecule has 0 radical (unpaired) electrons. The maximum absolute atomic E-state index is 6.30. The van der Waals surface area contributed by atoms with Crippen LogP contribution in [0.3, 0.4) is 0 Å². The van der Waals surface area contributed by atoms with E-state index in [-0.39, 0.29) is 0 Å². The predicted octanol–water partition coefficient (Wildman–Crippen LogP) is 13.1. The van der Waals surface area contributed by atoms with Crippen molar-refractivity contribution < 1.29 is 4.42 Å². The van der Waals surface area contributed by atoms with Crippen molar-refractivity contribution in [2.75, 3.05) is 0 Å². The molecule has 0 bridgehead atoms. The normalized spacial score (nSPS) is 12.2. The van der Waals surface area contributed by atoms with Crippen molar-refractivity contribution >= 4 is 82.0 Å². The molecular formula is C49H29N3O. The molecule has 246 valence electrons. The van der Waals surface area contributed by atoms with Crippen molar-refractivity contribution in [3.8, 4) is 27.9 Å². The minimum atomic E-state index is 0.859. The number of para-hydroxylation sites is 3. The summed E-state index contributed by atoms with van der Waals surface area (Å²) in [6.07, 6.45) is 2.11. The summed E-state index contributed by atoms with van der Waals surface area (Å²) in [5.74, 6) is 0. The first-order valence-electron chi connectivity index (χ1n) is 18.0. The number of pyridine rings is 1. The Labute approximate surface area is 303 Å². The first-order valence-corrected chi connectivity index (χ1v) is 18.0. The first-order chi connectivity index (χ1) is 26.3. The van der Waals surface area contributed by atoms with E-state index in [0.717, 1.165) is 49.7 Å². The summed E-state index contributed by atoms with van der Waals surface area (Å²) in [5.41, 5.74) is 13.1. The zero-order valence-electron chi connectivity index (χ0n) is 28.5. The van der Waals surface area contributed by atoms with E-state index < -0.39 is 0 Å². The molecule has 0 saturated heterocycles. The second-order valence-corrected chi connectivity index (χ2v) is 14.0. The van der Waals surface area contributed by atoms with Crippen molar-refractivity contribution in [1.29, 1.82) is 0 Å². The molecule has 8 aromatic carbocycles. The SMILES string of the molecule is c1ccc2c(c1)oc1cn3c(cc12)nc1c2ccccc2c2cc(-c4ccc(-c5ccc(-n6c7ccccc7c7ccccc76)cc5)cc4)ccc2c13. The number of hydrogen-bond donors (Lipinski definition) is 0. The van der Waals surface area contributed by atoms with Gasteiger partial charge in [0.05, 0.1) is 28.3 Å². The number of furan rings is 1. The maximum Gasteiger partial charge on any atom is 0.152 e. The number of nitrogens with zero attached hydrogens (tertiary/aromatic N) is 3. The molecule has 0 aliphatic carbocycles. The summed E-state index contributed by atoms with van der Waals surface area (Å²) in [6.45, 7) is 0. The minimum Gasteiger partial charge on any atom is -0.455 e. The minimum absolute atomic E-state index is 0.859. The Hall–Kier alpha value is -7.17. The highest BCUT2D eigenvalue weighted by Gasteiger charge is 2.18. The number of fused-ring (bicyclic) bond motifs is 14. The van der Waals surface area contributed by atoms with Gasteiger partial charge in [-0.15, -0.1) is 0 Å². The molecule has 0 unspecified atom stereocenters. The van der Waals surface area contributed by atoms with Crippen LogP contribution >= 0.6 is 0 Å². The molecule has 0 amide bonds. The summed E-state index contributed by atoms with van der Waals surface area (Å²) < 4.78 is 10.9. The lowest BCUT2D eigenvalue weighted by Gasteiger charge is -2.11. The third kappa shape index (κ3) is 4.09. The highest BCUT2D eigenvalue weighted by Crippen LogP contribution is 2.40. The highest BCUT2D eigenvalue weighted by atomic mass is 16.3. The van der Waals surface area contributed by atoms with Gasteiger partial charge in [-0.05, 0) is 75.5 Å². The largest absolute Gasteiger partial charge is 0.455 e. The fourth-order valence-corrected chi connectivity index (χ4v) is 8.64. The molecule has 4 aromatic heterocycles. The third-order valence-corrected chi connectivity index (χ3v) is 11.1. The van der Waals surface area contributed by atoms with E-state index in [0.29, 0.717) is 0 Å². The van der Waals surface area contributed by atoms with E-state index in [1.54, 1.807) is 0 Å².